The molecule has 468 valence electrons. The van der Waals surface area contributed by atoms with E-state index in [9.17, 15) is 0 Å². The van der Waals surface area contributed by atoms with Crippen LogP contribution in [0.4, 0.5) is 0 Å². The predicted octanol–water partition coefficient (Wildman–Crippen LogP) is 8.38. The highest BCUT2D eigenvalue weighted by molar-refractivity contribution is 7.09. The third kappa shape index (κ3) is 51.4. The van der Waals surface area contributed by atoms with Crippen molar-refractivity contribution in [2.45, 2.75) is 55.4 Å². The minimum atomic E-state index is 0.822. The molecule has 0 spiro atoms. The Hall–Kier alpha value is -10.7. The molecule has 29 nitrogen and oxygen atoms in total. The van der Waals surface area contributed by atoms with Gasteiger partial charge in [-0.3, -0.25) is 34.0 Å². The lowest BCUT2D eigenvalue weighted by Gasteiger charge is -1.82. The van der Waals surface area contributed by atoms with Gasteiger partial charge >= 0.3 is 0 Å². The van der Waals surface area contributed by atoms with Gasteiger partial charge in [-0.05, 0) is 125 Å². The lowest BCUT2D eigenvalue weighted by molar-refractivity contribution is 0.654. The molecule has 14 aromatic heterocycles. The number of hydrogen-bond donors (Lipinski definition) is 0. The van der Waals surface area contributed by atoms with Gasteiger partial charge in [0.2, 0.25) is 0 Å². The number of aryl methyl sites for hydroxylation is 14. The predicted molar refractivity (Wildman–Crippen MR) is 345 cm³/mol. The summed E-state index contributed by atoms with van der Waals surface area (Å²) in [5, 5.41) is 39.0. The van der Waals surface area contributed by atoms with Crippen molar-refractivity contribution in [1.82, 2.24) is 144 Å². The van der Waals surface area contributed by atoms with E-state index in [0.29, 0.717) is 0 Å². The largest absolute Gasteiger partial charge is 0.341 e. The minimum Gasteiger partial charge on any atom is -0.341 e. The van der Waals surface area contributed by atoms with Crippen LogP contribution in [0.2, 0.25) is 0 Å². The summed E-state index contributed by atoms with van der Waals surface area (Å²) in [4.78, 5) is 49.9. The van der Waals surface area contributed by atoms with E-state index in [1.54, 1.807) is 162 Å². The Balaban J connectivity index is 0.000000479. The van der Waals surface area contributed by atoms with Gasteiger partial charge < -0.3 is 4.57 Å². The molecule has 0 aliphatic heterocycles. The summed E-state index contributed by atoms with van der Waals surface area (Å²) < 4.78 is 12.1. The number of rotatable bonds is 0. The van der Waals surface area contributed by atoms with Crippen LogP contribution < -0.4 is 0 Å². The quantitative estimate of drug-likeness (QED) is 0.137. The highest BCUT2D eigenvalue weighted by Gasteiger charge is 1.81. The fraction of sp³-hybridized carbons (Fsp3) is 0.246. The molecular weight excluding hydrogens is 1190 g/mol. The second kappa shape index (κ2) is 52.8. The van der Waals surface area contributed by atoms with Gasteiger partial charge in [-0.15, -0.1) is 38.0 Å². The zero-order valence-electron chi connectivity index (χ0n) is 52.4. The number of imidazole rings is 1. The lowest BCUT2D eigenvalue weighted by atomic mass is 10.3. The Morgan fingerprint density at radius 2 is 1.12 bits per heavy atom. The van der Waals surface area contributed by atoms with E-state index in [0.717, 1.165) is 32.7 Å². The van der Waals surface area contributed by atoms with E-state index in [-0.39, 0.29) is 0 Å². The van der Waals surface area contributed by atoms with Crippen LogP contribution in [0, 0.1) is 55.4 Å². The van der Waals surface area contributed by atoms with Crippen molar-refractivity contribution in [3.63, 3.8) is 0 Å². The molecule has 14 heterocycles. The van der Waals surface area contributed by atoms with Gasteiger partial charge in [0.15, 0.2) is 0 Å². The Kier molecular flexibility index (Phi) is 45.3. The molecule has 0 saturated carbocycles. The molecule has 0 aromatic carbocycles. The topological polar surface area (TPSA) is 326 Å². The number of aromatic nitrogens is 29. The van der Waals surface area contributed by atoms with E-state index in [1.165, 1.54) is 56.8 Å². The van der Waals surface area contributed by atoms with Crippen molar-refractivity contribution < 1.29 is 0 Å². The maximum absolute atomic E-state index is 3.98. The van der Waals surface area contributed by atoms with E-state index >= 15 is 0 Å². The van der Waals surface area contributed by atoms with Gasteiger partial charge in [-0.1, -0.05) is 21.8 Å². The van der Waals surface area contributed by atoms with Gasteiger partial charge in [-0.2, -0.15) is 25.2 Å². The Bertz CT molecular complexity index is 2820. The first-order valence-corrected chi connectivity index (χ1v) is 28.8. The van der Waals surface area contributed by atoms with Crippen LogP contribution >= 0.6 is 34.2 Å². The first kappa shape index (κ1) is 76.3. The Morgan fingerprint density at radius 3 is 1.34 bits per heavy atom. The Labute approximate surface area is 531 Å². The zero-order valence-corrected chi connectivity index (χ0v) is 54.9. The van der Waals surface area contributed by atoms with E-state index in [2.05, 4.69) is 116 Å². The molecule has 0 aliphatic rings. The van der Waals surface area contributed by atoms with Crippen LogP contribution in [0.5, 0.6) is 0 Å². The van der Waals surface area contributed by atoms with Gasteiger partial charge in [0, 0.05) is 162 Å². The molecule has 0 bridgehead atoms. The SMILES string of the molecule is Cc1ccccn1.Cc1cccnc1.Cc1ccncn1.Cc1cncnc1.Cc1cncs1.Cc1cnns1.Cc1ncccn1.Cc1nccs1.Cn1cccn1.Cn1ccnc1.Cn1ccnn1.Cn1cncn1.Cn1cnnn1.Cn1nccn1. The van der Waals surface area contributed by atoms with E-state index in [4.69, 9.17) is 0 Å². The molecule has 0 amide bonds. The van der Waals surface area contributed by atoms with Crippen molar-refractivity contribution in [1.29, 1.82) is 0 Å². The van der Waals surface area contributed by atoms with Crippen molar-refractivity contribution in [3.8, 4) is 0 Å². The fourth-order valence-electron chi connectivity index (χ4n) is 4.49. The van der Waals surface area contributed by atoms with Crippen LogP contribution in [0.1, 0.15) is 43.1 Å². The molecule has 0 N–H and O–H groups in total. The molecule has 32 heteroatoms. The average Bonchev–Trinajstić information content (AvgIpc) is 4.37. The molecule has 0 unspecified atom stereocenters. The molecule has 0 fully saturated rings. The van der Waals surface area contributed by atoms with Crippen molar-refractivity contribution in [3.05, 3.63) is 258 Å². The molecule has 0 saturated heterocycles. The smallest absolute Gasteiger partial charge is 0.137 e. The third-order valence-electron chi connectivity index (χ3n) is 8.65. The molecule has 14 aromatic rings. The lowest BCUT2D eigenvalue weighted by Crippen LogP contribution is -1.89. The van der Waals surface area contributed by atoms with Crippen LogP contribution in [-0.4, -0.2) is 144 Å². The van der Waals surface area contributed by atoms with E-state index in [1.807, 2.05) is 166 Å². The number of nitrogens with zero attached hydrogens (tertiary/aromatic N) is 29. The molecule has 14 rings (SSSR count). The molecule has 0 atom stereocenters. The monoisotopic (exact) mass is 1260 g/mol. The van der Waals surface area contributed by atoms with Gasteiger partial charge in [0.25, 0.3) is 0 Å². The molecule has 0 aliphatic carbocycles. The van der Waals surface area contributed by atoms with Crippen molar-refractivity contribution >= 4 is 34.2 Å². The number of pyridine rings is 2. The molecule has 89 heavy (non-hydrogen) atoms. The summed E-state index contributed by atoms with van der Waals surface area (Å²) in [5.74, 6) is 0.822. The van der Waals surface area contributed by atoms with Gasteiger partial charge in [-0.25, -0.2) is 44.6 Å². The van der Waals surface area contributed by atoms with Crippen LogP contribution in [0.25, 0.3) is 0 Å². The van der Waals surface area contributed by atoms with Crippen LogP contribution in [0.15, 0.2) is 215 Å². The molecular formula is C57H77N29S3. The second-order valence-corrected chi connectivity index (χ2v) is 20.0. The molecule has 0 radical (unpaired) electrons. The van der Waals surface area contributed by atoms with Crippen LogP contribution in [-0.2, 0) is 42.3 Å². The van der Waals surface area contributed by atoms with Crippen molar-refractivity contribution in [2.24, 2.45) is 42.3 Å². The van der Waals surface area contributed by atoms with E-state index < -0.39 is 0 Å². The maximum Gasteiger partial charge on any atom is 0.137 e. The summed E-state index contributed by atoms with van der Waals surface area (Å²) in [7, 11) is 11.0. The fourth-order valence-corrected chi connectivity index (χ4v) is 5.65. The summed E-state index contributed by atoms with van der Waals surface area (Å²) in [5.41, 5.74) is 6.22. The Morgan fingerprint density at radius 1 is 0.382 bits per heavy atom. The van der Waals surface area contributed by atoms with Gasteiger partial charge in [0.05, 0.1) is 41.6 Å². The number of thiazole rings is 2. The van der Waals surface area contributed by atoms with Gasteiger partial charge in [0.1, 0.15) is 37.5 Å². The van der Waals surface area contributed by atoms with Crippen molar-refractivity contribution in [2.75, 3.05) is 0 Å². The average molecular weight is 1260 g/mol. The first-order valence-electron chi connectivity index (χ1n) is 26.3. The highest BCUT2D eigenvalue weighted by Crippen LogP contribution is 2.00. The second-order valence-electron chi connectivity index (χ2n) is 16.8. The van der Waals surface area contributed by atoms with Crippen LogP contribution in [0.3, 0.4) is 0 Å². The number of tetrazole rings is 1. The first-order chi connectivity index (χ1) is 43.0. The third-order valence-corrected chi connectivity index (χ3v) is 10.6. The standard InChI is InChI=1S/2C6H7N.3C5H6N2.2C4H6N2.2C4H5NS.3C3H5N3.C3H4N2S.C2H4N4/c1-6-3-2-4-7-5-6;1-6-4-2-3-5-7-6;1-5-2-6-4-7-3-5;1-5-2-3-6-4-7-5;1-5-6-3-2-4-7-5;1-6-3-2-5-4-6;1-6-4-2-3-5-6;1-4-2-5-3-6-4;1-4-5-2-3-6-4;1-6-3-4-2-5-6;1-6-3-2-4-5-6;1-6-4-2-3-5-6;1-3-2-4-5-6-3;1-6-2-3-4-5-6/h2*2-5H,1H3;3*2-4H,1H3;2*2-4H,1H3;5*2-3H,1H3;2*2H,1H3. The summed E-state index contributed by atoms with van der Waals surface area (Å²) in [6, 6.07) is 15.4. The summed E-state index contributed by atoms with van der Waals surface area (Å²) in [6.45, 7) is 15.8. The minimum absolute atomic E-state index is 0.822. The summed E-state index contributed by atoms with van der Waals surface area (Å²) in [6.07, 6.45) is 43.0. The normalized spacial score (nSPS) is 8.79. The maximum atomic E-state index is 3.98. The highest BCUT2D eigenvalue weighted by atomic mass is 32.1. The zero-order chi connectivity index (χ0) is 65.2. The number of hydrogen-bond acceptors (Lipinski definition) is 26. The summed E-state index contributed by atoms with van der Waals surface area (Å²) >= 11 is 4.75.